The SMILES string of the molecule is CC(=O)CCCCCC(=O)N(C)CCN(C)C(=O)CCC(C)(C)O[Si](OC[C@H]1O[C@@H](n2ccc(NC(=O)c3ccccc3)nc2=O)C[C@@H]1O)(C(C)C)C(C)C. The molecule has 2 N–H and O–H groups in total. The standard InChI is InChI=1S/C40H63N5O9Si/c1-28(2)55(29(3)4,54-40(6,7)22-20-36(49)44(9)25-24-43(8)35(48)19-15-10-12-16-30(5)46)52-27-33-32(47)26-37(53-33)45-23-21-34(42-39(45)51)41-38(50)31-17-13-11-14-18-31/h11,13-14,17-18,21,23,28-29,32-33,37,47H,10,12,15-16,19-20,22,24-27H2,1-9H3,(H,41,42,50,51)/t32-,33+,37+/m0/s1. The molecule has 306 valence electrons. The third-order valence-electron chi connectivity index (χ3n) is 10.1. The van der Waals surface area contributed by atoms with E-state index in [1.54, 1.807) is 61.2 Å². The molecule has 15 heteroatoms. The number of carbonyl (C=O) groups is 4. The Bertz CT molecular complexity index is 1630. The number of aliphatic hydroxyl groups excluding tert-OH is 1. The van der Waals surface area contributed by atoms with Crippen molar-refractivity contribution in [3.8, 4) is 0 Å². The van der Waals surface area contributed by atoms with Crippen molar-refractivity contribution >= 4 is 37.9 Å². The monoisotopic (exact) mass is 785 g/mol. The van der Waals surface area contributed by atoms with Crippen LogP contribution < -0.4 is 11.0 Å². The maximum Gasteiger partial charge on any atom is 0.351 e. The molecule has 1 fully saturated rings. The highest BCUT2D eigenvalue weighted by atomic mass is 28.4. The van der Waals surface area contributed by atoms with Crippen LogP contribution in [0.2, 0.25) is 11.1 Å². The zero-order chi connectivity index (χ0) is 40.9. The summed E-state index contributed by atoms with van der Waals surface area (Å²) in [4.78, 5) is 69.6. The van der Waals surface area contributed by atoms with E-state index in [0.29, 0.717) is 37.9 Å². The zero-order valence-corrected chi connectivity index (χ0v) is 35.2. The van der Waals surface area contributed by atoms with Crippen molar-refractivity contribution in [2.75, 3.05) is 39.1 Å². The summed E-state index contributed by atoms with van der Waals surface area (Å²) in [6.07, 6.45) is 3.27. The number of ketones is 1. The van der Waals surface area contributed by atoms with Crippen LogP contribution in [0.3, 0.4) is 0 Å². The molecule has 55 heavy (non-hydrogen) atoms. The lowest BCUT2D eigenvalue weighted by molar-refractivity contribution is -0.134. The summed E-state index contributed by atoms with van der Waals surface area (Å²) in [5.74, 6) is -0.136. The molecule has 1 aliphatic heterocycles. The van der Waals surface area contributed by atoms with E-state index >= 15 is 0 Å². The van der Waals surface area contributed by atoms with E-state index in [2.05, 4.69) is 38.0 Å². The van der Waals surface area contributed by atoms with Crippen molar-refractivity contribution in [3.63, 3.8) is 0 Å². The molecule has 0 saturated carbocycles. The average Bonchev–Trinajstić information content (AvgIpc) is 3.50. The molecule has 14 nitrogen and oxygen atoms in total. The molecule has 0 spiro atoms. The van der Waals surface area contributed by atoms with Gasteiger partial charge in [-0.3, -0.25) is 19.0 Å². The summed E-state index contributed by atoms with van der Waals surface area (Å²) in [5, 5.41) is 13.6. The van der Waals surface area contributed by atoms with Crippen LogP contribution in [0.1, 0.15) is 116 Å². The van der Waals surface area contributed by atoms with Gasteiger partial charge in [-0.1, -0.05) is 52.3 Å². The maximum absolute atomic E-state index is 13.2. The van der Waals surface area contributed by atoms with E-state index < -0.39 is 38.3 Å². The lowest BCUT2D eigenvalue weighted by Crippen LogP contribution is -2.54. The van der Waals surface area contributed by atoms with Gasteiger partial charge in [0.05, 0.1) is 18.3 Å². The summed E-state index contributed by atoms with van der Waals surface area (Å²) in [6.45, 7) is 14.6. The second-order valence-electron chi connectivity index (χ2n) is 15.9. The van der Waals surface area contributed by atoms with E-state index in [1.165, 1.54) is 16.8 Å². The summed E-state index contributed by atoms with van der Waals surface area (Å²) < 4.78 is 21.1. The molecule has 0 bridgehead atoms. The summed E-state index contributed by atoms with van der Waals surface area (Å²) in [7, 11) is 0.476. The van der Waals surface area contributed by atoms with Crippen LogP contribution in [-0.4, -0.2) is 108 Å². The van der Waals surface area contributed by atoms with Crippen molar-refractivity contribution in [2.24, 2.45) is 0 Å². The van der Waals surface area contributed by atoms with Gasteiger partial charge in [0.15, 0.2) is 0 Å². The Kier molecular flexibility index (Phi) is 17.4. The Morgan fingerprint density at radius 2 is 1.56 bits per heavy atom. The topological polar surface area (TPSA) is 170 Å². The number of Topliss-reactive ketones (excluding diaryl/α,β-unsaturated/α-hetero) is 1. The normalized spacial score (nSPS) is 17.4. The molecule has 1 aromatic heterocycles. The maximum atomic E-state index is 13.2. The van der Waals surface area contributed by atoms with Crippen molar-refractivity contribution in [3.05, 3.63) is 58.6 Å². The molecule has 2 heterocycles. The number of aliphatic hydroxyl groups is 1. The summed E-state index contributed by atoms with van der Waals surface area (Å²) >= 11 is 0. The predicted molar refractivity (Wildman–Crippen MR) is 213 cm³/mol. The number of amides is 3. The number of hydrogen-bond acceptors (Lipinski definition) is 10. The van der Waals surface area contributed by atoms with Crippen molar-refractivity contribution in [1.29, 1.82) is 0 Å². The van der Waals surface area contributed by atoms with Gasteiger partial charge in [-0.2, -0.15) is 4.98 Å². The van der Waals surface area contributed by atoms with Gasteiger partial charge >= 0.3 is 14.3 Å². The van der Waals surface area contributed by atoms with Crippen LogP contribution in [0.15, 0.2) is 47.4 Å². The molecule has 3 rings (SSSR count). The first-order valence-electron chi connectivity index (χ1n) is 19.5. The molecule has 1 aliphatic rings. The number of hydrogen-bond donors (Lipinski definition) is 2. The highest BCUT2D eigenvalue weighted by Gasteiger charge is 2.50. The average molecular weight is 786 g/mol. The van der Waals surface area contributed by atoms with E-state index in [9.17, 15) is 29.1 Å². The van der Waals surface area contributed by atoms with Gasteiger partial charge in [-0.05, 0) is 69.3 Å². The van der Waals surface area contributed by atoms with Crippen LogP contribution in [0.4, 0.5) is 5.82 Å². The first-order chi connectivity index (χ1) is 25.8. The van der Waals surface area contributed by atoms with Gasteiger partial charge in [0.1, 0.15) is 23.9 Å². The number of carbonyl (C=O) groups excluding carboxylic acids is 4. The zero-order valence-electron chi connectivity index (χ0n) is 34.2. The number of likely N-dealkylation sites (N-methyl/N-ethyl adjacent to an activating group) is 2. The second kappa shape index (κ2) is 21.0. The fourth-order valence-corrected chi connectivity index (χ4v) is 10.6. The minimum atomic E-state index is -3.01. The fraction of sp³-hybridized carbons (Fsp3) is 0.650. The number of aromatic nitrogens is 2. The quantitative estimate of drug-likeness (QED) is 0.116. The number of rotatable bonds is 22. The number of unbranched alkanes of at least 4 members (excludes halogenated alkanes) is 2. The Morgan fingerprint density at radius 1 is 0.964 bits per heavy atom. The second-order valence-corrected chi connectivity index (χ2v) is 20.1. The van der Waals surface area contributed by atoms with Gasteiger partial charge in [0.25, 0.3) is 5.91 Å². The van der Waals surface area contributed by atoms with Crippen LogP contribution in [0.25, 0.3) is 0 Å². The van der Waals surface area contributed by atoms with Crippen LogP contribution in [0, 0.1) is 0 Å². The molecule has 0 unspecified atom stereocenters. The highest BCUT2D eigenvalue weighted by Crippen LogP contribution is 2.40. The molecule has 1 saturated heterocycles. The van der Waals surface area contributed by atoms with Gasteiger partial charge in [-0.25, -0.2) is 4.79 Å². The first kappa shape index (κ1) is 45.6. The molecular weight excluding hydrogens is 723 g/mol. The van der Waals surface area contributed by atoms with E-state index in [-0.39, 0.29) is 59.9 Å². The van der Waals surface area contributed by atoms with Gasteiger partial charge in [-0.15, -0.1) is 0 Å². The molecule has 1 aromatic carbocycles. The van der Waals surface area contributed by atoms with Crippen molar-refractivity contribution < 1.29 is 37.9 Å². The number of benzene rings is 1. The Labute approximate surface area is 327 Å². The van der Waals surface area contributed by atoms with Crippen molar-refractivity contribution in [2.45, 2.75) is 135 Å². The third-order valence-corrected chi connectivity index (χ3v) is 14.8. The van der Waals surface area contributed by atoms with Gasteiger partial charge in [0, 0.05) is 64.6 Å². The largest absolute Gasteiger partial charge is 0.391 e. The number of nitrogens with zero attached hydrogens (tertiary/aromatic N) is 4. The molecule has 3 amide bonds. The van der Waals surface area contributed by atoms with Crippen molar-refractivity contribution in [1.82, 2.24) is 19.4 Å². The van der Waals surface area contributed by atoms with Crippen LogP contribution in [-0.2, 0) is 28.0 Å². The minimum absolute atomic E-state index is 0.0205. The van der Waals surface area contributed by atoms with Gasteiger partial charge in [0.2, 0.25) is 11.8 Å². The summed E-state index contributed by atoms with van der Waals surface area (Å²) in [6, 6.07) is 10.1. The smallest absolute Gasteiger partial charge is 0.351 e. The molecule has 3 atom stereocenters. The van der Waals surface area contributed by atoms with E-state index in [4.69, 9.17) is 13.6 Å². The van der Waals surface area contributed by atoms with E-state index in [0.717, 1.165) is 19.3 Å². The Hall–Kier alpha value is -3.76. The Morgan fingerprint density at radius 3 is 2.15 bits per heavy atom. The molecule has 2 aromatic rings. The lowest BCUT2D eigenvalue weighted by atomic mass is 10.0. The van der Waals surface area contributed by atoms with Gasteiger partial charge < -0.3 is 38.6 Å². The number of ether oxygens (including phenoxy) is 1. The minimum Gasteiger partial charge on any atom is -0.391 e. The van der Waals surface area contributed by atoms with Crippen LogP contribution in [0.5, 0.6) is 0 Å². The first-order valence-corrected chi connectivity index (χ1v) is 21.4. The highest BCUT2D eigenvalue weighted by molar-refractivity contribution is 6.70. The summed E-state index contributed by atoms with van der Waals surface area (Å²) in [5.41, 5.74) is -0.859. The molecule has 0 aliphatic carbocycles. The lowest BCUT2D eigenvalue weighted by Gasteiger charge is -2.44. The van der Waals surface area contributed by atoms with E-state index in [1.807, 2.05) is 13.8 Å². The number of nitrogens with one attached hydrogen (secondary N) is 1. The number of anilines is 1. The Balaban J connectivity index is 1.54. The fourth-order valence-electron chi connectivity index (χ4n) is 6.64. The third kappa shape index (κ3) is 13.7. The predicted octanol–water partition coefficient (Wildman–Crippen LogP) is 5.45. The molecule has 0 radical (unpaired) electrons. The van der Waals surface area contributed by atoms with Crippen LogP contribution >= 0.6 is 0 Å². The molecular formula is C40H63N5O9Si.